The van der Waals surface area contributed by atoms with Crippen LogP contribution in [-0.2, 0) is 19.5 Å². The molecule has 1 aromatic rings. The highest BCUT2D eigenvalue weighted by Gasteiger charge is 2.42. The Morgan fingerprint density at radius 1 is 1.15 bits per heavy atom. The third-order valence-corrected chi connectivity index (χ3v) is 8.90. The maximum Gasteiger partial charge on any atom is 0.243 e. The number of hydrogen-bond acceptors (Lipinski definition) is 4. The molecule has 1 aliphatic carbocycles. The van der Waals surface area contributed by atoms with Gasteiger partial charge in [-0.3, -0.25) is 0 Å². The molecule has 3 fully saturated rings. The number of ether oxygens (including phenoxy) is 2. The monoisotopic (exact) mass is 455 g/mol. The predicted octanol–water partition coefficient (Wildman–Crippen LogP) is 4.11. The van der Waals surface area contributed by atoms with Crippen LogP contribution in [-0.4, -0.2) is 44.3 Å². The molecule has 27 heavy (non-hydrogen) atoms. The Labute approximate surface area is 169 Å². The van der Waals surface area contributed by atoms with Crippen LogP contribution in [0.25, 0.3) is 0 Å². The van der Waals surface area contributed by atoms with Crippen LogP contribution in [0, 0.1) is 6.92 Å². The van der Waals surface area contributed by atoms with Crippen LogP contribution in [0.15, 0.2) is 39.2 Å². The Morgan fingerprint density at radius 3 is 2.41 bits per heavy atom. The second-order valence-electron chi connectivity index (χ2n) is 7.65. The quantitative estimate of drug-likeness (QED) is 0.687. The summed E-state index contributed by atoms with van der Waals surface area (Å²) in [7, 11) is -3.49. The number of hydrogen-bond donors (Lipinski definition) is 0. The van der Waals surface area contributed by atoms with Crippen molar-refractivity contribution in [2.24, 2.45) is 0 Å². The zero-order chi connectivity index (χ0) is 19.1. The first-order chi connectivity index (χ1) is 12.9. The minimum absolute atomic E-state index is 0.106. The summed E-state index contributed by atoms with van der Waals surface area (Å²) in [6, 6.07) is 7.02. The minimum Gasteiger partial charge on any atom is -0.348 e. The molecule has 1 unspecified atom stereocenters. The third kappa shape index (κ3) is 3.77. The highest BCUT2D eigenvalue weighted by Crippen LogP contribution is 2.43. The lowest BCUT2D eigenvalue weighted by Crippen LogP contribution is -2.37. The van der Waals surface area contributed by atoms with Crippen molar-refractivity contribution in [3.05, 3.63) is 39.9 Å². The molecule has 4 rings (SSSR count). The van der Waals surface area contributed by atoms with Gasteiger partial charge in [-0.2, -0.15) is 4.31 Å². The van der Waals surface area contributed by atoms with Crippen LogP contribution in [0.2, 0.25) is 0 Å². The standard InChI is InChI=1S/C20H26BrNO4S/c1-15-4-6-17(7-5-15)27(23,24)22-12-2-3-18(22)19(21)16-8-10-20(11-9-16)25-13-14-26-20/h4-7,18H,2-3,8-14H2,1H3. The molecule has 148 valence electrons. The van der Waals surface area contributed by atoms with Crippen molar-refractivity contribution in [3.63, 3.8) is 0 Å². The molecule has 1 spiro atoms. The van der Waals surface area contributed by atoms with E-state index in [9.17, 15) is 8.42 Å². The number of benzene rings is 1. The zero-order valence-electron chi connectivity index (χ0n) is 15.6. The van der Waals surface area contributed by atoms with Crippen molar-refractivity contribution in [1.29, 1.82) is 0 Å². The molecule has 7 heteroatoms. The number of rotatable bonds is 3. The topological polar surface area (TPSA) is 55.8 Å². The van der Waals surface area contributed by atoms with Crippen molar-refractivity contribution in [1.82, 2.24) is 4.31 Å². The number of nitrogens with zero attached hydrogens (tertiary/aromatic N) is 1. The lowest BCUT2D eigenvalue weighted by molar-refractivity contribution is -0.171. The van der Waals surface area contributed by atoms with Gasteiger partial charge in [0, 0.05) is 23.9 Å². The van der Waals surface area contributed by atoms with E-state index in [4.69, 9.17) is 9.47 Å². The molecule has 0 amide bonds. The van der Waals surface area contributed by atoms with E-state index < -0.39 is 15.8 Å². The van der Waals surface area contributed by atoms with Crippen LogP contribution in [0.5, 0.6) is 0 Å². The van der Waals surface area contributed by atoms with Crippen molar-refractivity contribution >= 4 is 26.0 Å². The molecule has 1 saturated carbocycles. The second kappa shape index (κ2) is 7.59. The van der Waals surface area contributed by atoms with E-state index >= 15 is 0 Å². The van der Waals surface area contributed by atoms with Crippen LogP contribution >= 0.6 is 15.9 Å². The van der Waals surface area contributed by atoms with Gasteiger partial charge in [0.1, 0.15) is 0 Å². The van der Waals surface area contributed by atoms with E-state index in [2.05, 4.69) is 15.9 Å². The molecule has 2 heterocycles. The van der Waals surface area contributed by atoms with Crippen LogP contribution in [0.4, 0.5) is 0 Å². The molecule has 2 saturated heterocycles. The van der Waals surface area contributed by atoms with Gasteiger partial charge in [-0.15, -0.1) is 0 Å². The zero-order valence-corrected chi connectivity index (χ0v) is 18.0. The SMILES string of the molecule is Cc1ccc(S(=O)(=O)N2CCCC2C(Br)=C2CCC3(CC2)OCCO3)cc1. The number of allylic oxidation sites excluding steroid dienone is 1. The van der Waals surface area contributed by atoms with E-state index in [1.807, 2.05) is 19.1 Å². The van der Waals surface area contributed by atoms with E-state index in [1.54, 1.807) is 16.4 Å². The van der Waals surface area contributed by atoms with Crippen LogP contribution in [0.3, 0.4) is 0 Å². The van der Waals surface area contributed by atoms with Gasteiger partial charge in [0.25, 0.3) is 0 Å². The van der Waals surface area contributed by atoms with Gasteiger partial charge in [-0.05, 0) is 44.7 Å². The molecule has 0 bridgehead atoms. The lowest BCUT2D eigenvalue weighted by Gasteiger charge is -2.34. The molecule has 1 aromatic carbocycles. The van der Waals surface area contributed by atoms with Crippen LogP contribution in [0.1, 0.15) is 44.1 Å². The van der Waals surface area contributed by atoms with E-state index in [1.165, 1.54) is 5.57 Å². The summed E-state index contributed by atoms with van der Waals surface area (Å²) in [6.45, 7) is 3.87. The molecular formula is C20H26BrNO4S. The number of aryl methyl sites for hydroxylation is 1. The Balaban J connectivity index is 1.55. The van der Waals surface area contributed by atoms with Gasteiger partial charge in [0.15, 0.2) is 5.79 Å². The maximum atomic E-state index is 13.2. The normalized spacial score (nSPS) is 26.0. The highest BCUT2D eigenvalue weighted by atomic mass is 79.9. The maximum absolute atomic E-state index is 13.2. The summed E-state index contributed by atoms with van der Waals surface area (Å²) in [5, 5.41) is 0. The molecule has 0 aromatic heterocycles. The average Bonchev–Trinajstić information content (AvgIpc) is 3.32. The van der Waals surface area contributed by atoms with Crippen molar-refractivity contribution < 1.29 is 17.9 Å². The molecule has 0 radical (unpaired) electrons. The fourth-order valence-electron chi connectivity index (χ4n) is 4.32. The number of halogens is 1. The fourth-order valence-corrected chi connectivity index (χ4v) is 6.99. The van der Waals surface area contributed by atoms with Gasteiger partial charge in [0.05, 0.1) is 24.2 Å². The molecule has 0 N–H and O–H groups in total. The van der Waals surface area contributed by atoms with E-state index in [0.717, 1.165) is 48.6 Å². The molecule has 1 atom stereocenters. The summed E-state index contributed by atoms with van der Waals surface area (Å²) >= 11 is 3.77. The largest absolute Gasteiger partial charge is 0.348 e. The molecule has 2 aliphatic heterocycles. The number of sulfonamides is 1. The first-order valence-electron chi connectivity index (χ1n) is 9.65. The van der Waals surface area contributed by atoms with Gasteiger partial charge in [-0.1, -0.05) is 39.2 Å². The first-order valence-corrected chi connectivity index (χ1v) is 11.9. The Bertz CT molecular complexity index is 816. The summed E-state index contributed by atoms with van der Waals surface area (Å²) < 4.78 is 40.7. The van der Waals surface area contributed by atoms with Gasteiger partial charge < -0.3 is 9.47 Å². The lowest BCUT2D eigenvalue weighted by atomic mass is 9.88. The Morgan fingerprint density at radius 2 is 1.78 bits per heavy atom. The Kier molecular flexibility index (Phi) is 5.51. The smallest absolute Gasteiger partial charge is 0.243 e. The van der Waals surface area contributed by atoms with E-state index in [-0.39, 0.29) is 6.04 Å². The highest BCUT2D eigenvalue weighted by molar-refractivity contribution is 9.11. The molecule has 3 aliphatic rings. The van der Waals surface area contributed by atoms with Crippen LogP contribution < -0.4 is 0 Å². The van der Waals surface area contributed by atoms with Gasteiger partial charge in [0.2, 0.25) is 10.0 Å². The minimum atomic E-state index is -3.49. The third-order valence-electron chi connectivity index (χ3n) is 5.89. The summed E-state index contributed by atoms with van der Waals surface area (Å²) in [4.78, 5) is 0.376. The summed E-state index contributed by atoms with van der Waals surface area (Å²) in [6.07, 6.45) is 5.19. The second-order valence-corrected chi connectivity index (χ2v) is 10.4. The van der Waals surface area contributed by atoms with Crippen molar-refractivity contribution in [2.45, 2.75) is 62.2 Å². The molecule has 5 nitrogen and oxygen atoms in total. The molecular weight excluding hydrogens is 430 g/mol. The fraction of sp³-hybridized carbons (Fsp3) is 0.600. The van der Waals surface area contributed by atoms with Gasteiger partial charge in [-0.25, -0.2) is 8.42 Å². The predicted molar refractivity (Wildman–Crippen MR) is 107 cm³/mol. The van der Waals surface area contributed by atoms with Crippen molar-refractivity contribution in [2.75, 3.05) is 19.8 Å². The first kappa shape index (κ1) is 19.6. The summed E-state index contributed by atoms with van der Waals surface area (Å²) in [5.74, 6) is -0.403. The average molecular weight is 456 g/mol. The van der Waals surface area contributed by atoms with E-state index in [0.29, 0.717) is 24.7 Å². The Hall–Kier alpha value is -0.730. The van der Waals surface area contributed by atoms with Crippen molar-refractivity contribution in [3.8, 4) is 0 Å². The summed E-state index contributed by atoms with van der Waals surface area (Å²) in [5.41, 5.74) is 2.36. The van der Waals surface area contributed by atoms with Gasteiger partial charge >= 0.3 is 0 Å².